The molecule has 0 radical (unpaired) electrons. The molecule has 0 bridgehead atoms. The Morgan fingerprint density at radius 3 is 2.57 bits per heavy atom. The summed E-state index contributed by atoms with van der Waals surface area (Å²) in [7, 11) is 0. The Morgan fingerprint density at radius 2 is 1.82 bits per heavy atom. The van der Waals surface area contributed by atoms with Crippen LogP contribution in [0.2, 0.25) is 0 Å². The van der Waals surface area contributed by atoms with Crippen LogP contribution in [0.5, 0.6) is 0 Å². The minimum absolute atomic E-state index is 0.148. The van der Waals surface area contributed by atoms with Gasteiger partial charge in [0.05, 0.1) is 11.0 Å². The third kappa shape index (κ3) is 4.09. The topological polar surface area (TPSA) is 130 Å². The van der Waals surface area contributed by atoms with Crippen molar-refractivity contribution >= 4 is 16.9 Å². The number of hydrogen-bond acceptors (Lipinski definition) is 6. The first-order chi connectivity index (χ1) is 13.4. The van der Waals surface area contributed by atoms with Gasteiger partial charge in [-0.3, -0.25) is 19.8 Å². The number of nitrogens with zero attached hydrogens (tertiary/aromatic N) is 3. The van der Waals surface area contributed by atoms with Crippen LogP contribution in [0, 0.1) is 13.8 Å². The summed E-state index contributed by atoms with van der Waals surface area (Å²) in [6.07, 6.45) is 3.42. The van der Waals surface area contributed by atoms with E-state index in [9.17, 15) is 14.4 Å². The summed E-state index contributed by atoms with van der Waals surface area (Å²) in [5, 5.41) is 8.50. The number of aromatic amines is 1. The highest BCUT2D eigenvalue weighted by molar-refractivity contribution is 5.81. The van der Waals surface area contributed by atoms with Gasteiger partial charge in [-0.1, -0.05) is 12.8 Å². The van der Waals surface area contributed by atoms with Crippen LogP contribution in [-0.4, -0.2) is 30.6 Å². The maximum atomic E-state index is 12.2. The maximum Gasteiger partial charge on any atom is 0.349 e. The highest BCUT2D eigenvalue weighted by Gasteiger charge is 2.18. The van der Waals surface area contributed by atoms with Crippen molar-refractivity contribution in [2.75, 3.05) is 0 Å². The van der Waals surface area contributed by atoms with Crippen molar-refractivity contribution in [1.29, 1.82) is 0 Å². The van der Waals surface area contributed by atoms with E-state index in [2.05, 4.69) is 15.0 Å². The first-order valence-corrected chi connectivity index (χ1v) is 9.25. The van der Waals surface area contributed by atoms with Gasteiger partial charge in [0.25, 0.3) is 5.56 Å². The number of aromatic nitrogens is 4. The Bertz CT molecular complexity index is 1100. The summed E-state index contributed by atoms with van der Waals surface area (Å²) in [5.41, 5.74) is 4.20. The lowest BCUT2D eigenvalue weighted by Gasteiger charge is -2.17. The quantitative estimate of drug-likeness (QED) is 0.245. The molecule has 0 unspecified atom stereocenters. The predicted molar refractivity (Wildman–Crippen MR) is 104 cm³/mol. The molecule has 0 atom stereocenters. The van der Waals surface area contributed by atoms with Crippen LogP contribution >= 0.6 is 0 Å². The second kappa shape index (κ2) is 8.30. The van der Waals surface area contributed by atoms with E-state index in [4.69, 9.17) is 5.21 Å². The Kier molecular flexibility index (Phi) is 5.84. The van der Waals surface area contributed by atoms with Gasteiger partial charge in [0.2, 0.25) is 5.91 Å². The Hall–Kier alpha value is -3.07. The zero-order chi connectivity index (χ0) is 20.3. The minimum Gasteiger partial charge on any atom is -0.322 e. The Labute approximate surface area is 160 Å². The average molecular weight is 385 g/mol. The van der Waals surface area contributed by atoms with Crippen LogP contribution in [0.15, 0.2) is 21.7 Å². The summed E-state index contributed by atoms with van der Waals surface area (Å²) in [5.74, 6) is -0.109. The van der Waals surface area contributed by atoms with Crippen LogP contribution in [0.1, 0.15) is 43.2 Å². The van der Waals surface area contributed by atoms with Crippen molar-refractivity contribution in [2.24, 2.45) is 0 Å². The van der Waals surface area contributed by atoms with Crippen LogP contribution in [0.3, 0.4) is 0 Å². The Balaban J connectivity index is 1.92. The SMILES string of the molecule is Cc1cc2nc3c(=O)[nH]c(=O)nc-3n(CCCCCCC(=O)NO)c2cc1C. The number of amides is 1. The summed E-state index contributed by atoms with van der Waals surface area (Å²) >= 11 is 0. The largest absolute Gasteiger partial charge is 0.349 e. The fourth-order valence-corrected chi connectivity index (χ4v) is 3.24. The smallest absolute Gasteiger partial charge is 0.322 e. The molecule has 0 aromatic heterocycles. The zero-order valence-corrected chi connectivity index (χ0v) is 15.9. The number of fused-ring (bicyclic) bond motifs is 2. The van der Waals surface area contributed by atoms with Gasteiger partial charge in [0.15, 0.2) is 11.5 Å². The van der Waals surface area contributed by atoms with Crippen molar-refractivity contribution in [3.05, 3.63) is 44.1 Å². The molecule has 9 nitrogen and oxygen atoms in total. The molecule has 3 N–H and O–H groups in total. The Morgan fingerprint density at radius 1 is 1.11 bits per heavy atom. The number of nitrogens with one attached hydrogen (secondary N) is 2. The van der Waals surface area contributed by atoms with Crippen molar-refractivity contribution < 1.29 is 10.0 Å². The van der Waals surface area contributed by atoms with E-state index in [1.54, 1.807) is 5.48 Å². The molecule has 2 aliphatic heterocycles. The van der Waals surface area contributed by atoms with Crippen molar-refractivity contribution in [1.82, 2.24) is 25.0 Å². The molecule has 0 saturated carbocycles. The minimum atomic E-state index is -0.689. The molecular weight excluding hydrogens is 362 g/mol. The number of H-pyrrole nitrogens is 1. The summed E-state index contributed by atoms with van der Waals surface area (Å²) < 4.78 is 1.88. The fraction of sp³-hybridized carbons (Fsp3) is 0.421. The molecule has 0 aliphatic carbocycles. The molecule has 3 rings (SSSR count). The van der Waals surface area contributed by atoms with Crippen LogP contribution in [0.25, 0.3) is 22.6 Å². The molecule has 2 heterocycles. The average Bonchev–Trinajstić information content (AvgIpc) is 2.65. The summed E-state index contributed by atoms with van der Waals surface area (Å²) in [6.45, 7) is 4.55. The maximum absolute atomic E-state index is 12.2. The van der Waals surface area contributed by atoms with E-state index in [0.29, 0.717) is 18.5 Å². The lowest BCUT2D eigenvalue weighted by Crippen LogP contribution is -2.29. The second-order valence-corrected chi connectivity index (χ2v) is 6.93. The van der Waals surface area contributed by atoms with Gasteiger partial charge < -0.3 is 4.57 Å². The van der Waals surface area contributed by atoms with Gasteiger partial charge in [0, 0.05) is 13.0 Å². The zero-order valence-electron chi connectivity index (χ0n) is 15.9. The van der Waals surface area contributed by atoms with Gasteiger partial charge in [-0.15, -0.1) is 0 Å². The number of rotatable bonds is 7. The van der Waals surface area contributed by atoms with E-state index in [-0.39, 0.29) is 17.9 Å². The van der Waals surface area contributed by atoms with Crippen molar-refractivity contribution in [2.45, 2.75) is 52.5 Å². The van der Waals surface area contributed by atoms with Gasteiger partial charge in [-0.05, 0) is 49.9 Å². The number of aryl methyl sites for hydroxylation is 3. The molecule has 1 aromatic carbocycles. The molecule has 1 amide bonds. The monoisotopic (exact) mass is 385 g/mol. The van der Waals surface area contributed by atoms with Crippen molar-refractivity contribution in [3.8, 4) is 11.5 Å². The first-order valence-electron chi connectivity index (χ1n) is 9.25. The molecule has 9 heteroatoms. The highest BCUT2D eigenvalue weighted by Crippen LogP contribution is 2.24. The van der Waals surface area contributed by atoms with Gasteiger partial charge in [0.1, 0.15) is 0 Å². The standard InChI is InChI=1S/C19H23N5O4/c1-11-9-13-14(10-12(11)2)24(8-6-4-3-5-7-15(25)23-28)17-16(20-13)18(26)22-19(27)21-17/h9-10,28H,3-8H2,1-2H3,(H,23,25)(H,22,26,27). The number of hydroxylamine groups is 1. The predicted octanol–water partition coefficient (Wildman–Crippen LogP) is 1.66. The number of carbonyl (C=O) groups excluding carboxylic acids is 1. The third-order valence-electron chi connectivity index (χ3n) is 4.88. The highest BCUT2D eigenvalue weighted by atomic mass is 16.5. The molecule has 0 saturated heterocycles. The summed E-state index contributed by atoms with van der Waals surface area (Å²) in [6, 6.07) is 3.93. The second-order valence-electron chi connectivity index (χ2n) is 6.93. The molecule has 28 heavy (non-hydrogen) atoms. The van der Waals surface area contributed by atoms with Crippen LogP contribution in [0.4, 0.5) is 0 Å². The number of unbranched alkanes of at least 4 members (excludes halogenated alkanes) is 3. The van der Waals surface area contributed by atoms with E-state index in [0.717, 1.165) is 35.9 Å². The van der Waals surface area contributed by atoms with Gasteiger partial charge in [-0.2, -0.15) is 4.98 Å². The summed E-state index contributed by atoms with van der Waals surface area (Å²) in [4.78, 5) is 45.6. The number of hydrogen-bond donors (Lipinski definition) is 3. The fourth-order valence-electron chi connectivity index (χ4n) is 3.24. The lowest BCUT2D eigenvalue weighted by molar-refractivity contribution is -0.129. The van der Waals surface area contributed by atoms with Crippen LogP contribution < -0.4 is 16.7 Å². The first kappa shape index (κ1) is 19.7. The molecule has 148 valence electrons. The van der Waals surface area contributed by atoms with E-state index >= 15 is 0 Å². The molecule has 2 aliphatic rings. The molecule has 1 aromatic rings. The lowest BCUT2D eigenvalue weighted by atomic mass is 10.1. The molecular formula is C19H23N5O4. The van der Waals surface area contributed by atoms with E-state index in [1.807, 2.05) is 30.5 Å². The molecule has 0 fully saturated rings. The normalized spacial score (nSPS) is 11.2. The third-order valence-corrected chi connectivity index (χ3v) is 4.88. The van der Waals surface area contributed by atoms with Crippen molar-refractivity contribution in [3.63, 3.8) is 0 Å². The van der Waals surface area contributed by atoms with Crippen LogP contribution in [-0.2, 0) is 11.3 Å². The molecule has 0 spiro atoms. The van der Waals surface area contributed by atoms with Gasteiger partial charge >= 0.3 is 5.69 Å². The van der Waals surface area contributed by atoms with Gasteiger partial charge in [-0.25, -0.2) is 15.3 Å². The van der Waals surface area contributed by atoms with E-state index < -0.39 is 17.2 Å². The van der Waals surface area contributed by atoms with E-state index in [1.165, 1.54) is 0 Å². The number of benzene rings is 1. The number of carbonyl (C=O) groups is 1.